The Morgan fingerprint density at radius 3 is 2.00 bits per heavy atom. The van der Waals surface area contributed by atoms with Crippen molar-refractivity contribution in [3.05, 3.63) is 102 Å². The van der Waals surface area contributed by atoms with Crippen LogP contribution in [0.2, 0.25) is 0 Å². The lowest BCUT2D eigenvalue weighted by Gasteiger charge is -2.32. The molecular formula is C26H30N2O2S. The largest absolute Gasteiger partial charge is 0.299 e. The summed E-state index contributed by atoms with van der Waals surface area (Å²) < 4.78 is 27.3. The van der Waals surface area contributed by atoms with Crippen molar-refractivity contribution in [3.8, 4) is 0 Å². The fourth-order valence-electron chi connectivity index (χ4n) is 4.28. The van der Waals surface area contributed by atoms with Crippen molar-refractivity contribution in [1.82, 2.24) is 9.21 Å². The molecule has 1 heterocycles. The molecule has 0 atom stereocenters. The summed E-state index contributed by atoms with van der Waals surface area (Å²) in [4.78, 5) is 2.81. The van der Waals surface area contributed by atoms with Crippen molar-refractivity contribution in [1.29, 1.82) is 0 Å². The van der Waals surface area contributed by atoms with Gasteiger partial charge in [0.25, 0.3) is 0 Å². The quantitative estimate of drug-likeness (QED) is 0.532. The summed E-state index contributed by atoms with van der Waals surface area (Å²) in [5.41, 5.74) is 3.57. The zero-order valence-electron chi connectivity index (χ0n) is 18.0. The molecule has 3 aromatic carbocycles. The average Bonchev–Trinajstić information content (AvgIpc) is 2.81. The van der Waals surface area contributed by atoms with Gasteiger partial charge >= 0.3 is 0 Å². The minimum atomic E-state index is -3.51. The maximum atomic E-state index is 12.9. The van der Waals surface area contributed by atoms with Crippen LogP contribution in [0.3, 0.4) is 0 Å². The van der Waals surface area contributed by atoms with E-state index in [1.165, 1.54) is 22.7 Å². The van der Waals surface area contributed by atoms with Crippen molar-refractivity contribution < 1.29 is 8.42 Å². The Bertz CT molecular complexity index is 1060. The molecule has 31 heavy (non-hydrogen) atoms. The number of nitrogens with zero attached hydrogens (tertiary/aromatic N) is 2. The Balaban J connectivity index is 1.34. The van der Waals surface area contributed by atoms with Gasteiger partial charge in [-0.15, -0.1) is 0 Å². The highest BCUT2D eigenvalue weighted by Crippen LogP contribution is 2.28. The molecule has 0 unspecified atom stereocenters. The molecule has 0 amide bonds. The van der Waals surface area contributed by atoms with E-state index in [0.717, 1.165) is 30.8 Å². The molecule has 0 N–H and O–H groups in total. The molecule has 0 bridgehead atoms. The summed E-state index contributed by atoms with van der Waals surface area (Å²) in [6.45, 7) is 3.36. The van der Waals surface area contributed by atoms with Gasteiger partial charge in [-0.2, -0.15) is 4.31 Å². The highest BCUT2D eigenvalue weighted by atomic mass is 32.2. The summed E-state index contributed by atoms with van der Waals surface area (Å²) in [5, 5.41) is 0. The highest BCUT2D eigenvalue weighted by molar-refractivity contribution is 7.89. The van der Waals surface area contributed by atoms with E-state index in [0.29, 0.717) is 17.4 Å². The molecule has 0 aromatic heterocycles. The first kappa shape index (κ1) is 21.8. The Morgan fingerprint density at radius 2 is 1.39 bits per heavy atom. The second-order valence-electron chi connectivity index (χ2n) is 8.35. The molecule has 0 aliphatic carbocycles. The van der Waals surface area contributed by atoms with E-state index in [1.807, 2.05) is 42.5 Å². The van der Waals surface area contributed by atoms with Crippen LogP contribution >= 0.6 is 0 Å². The van der Waals surface area contributed by atoms with Gasteiger partial charge in [-0.05, 0) is 60.7 Å². The van der Waals surface area contributed by atoms with Crippen molar-refractivity contribution in [2.24, 2.45) is 0 Å². The van der Waals surface area contributed by atoms with Crippen LogP contribution < -0.4 is 0 Å². The van der Waals surface area contributed by atoms with Gasteiger partial charge in [0, 0.05) is 20.1 Å². The minimum absolute atomic E-state index is 0.345. The van der Waals surface area contributed by atoms with E-state index < -0.39 is 10.0 Å². The number of piperidine rings is 1. The van der Waals surface area contributed by atoms with E-state index in [9.17, 15) is 8.42 Å². The van der Waals surface area contributed by atoms with Crippen LogP contribution in [0.5, 0.6) is 0 Å². The molecule has 0 spiro atoms. The molecular weight excluding hydrogens is 404 g/mol. The third-order valence-corrected chi connectivity index (χ3v) is 7.96. The standard InChI is InChI=1S/C26H30N2O2S/c1-27(20-22-8-4-2-5-9-22)31(29,30)26-14-12-23(13-15-26)21-28-18-16-25(17-19-28)24-10-6-3-7-11-24/h2-15,25H,16-21H2,1H3. The number of benzene rings is 3. The summed E-state index contributed by atoms with van der Waals surface area (Å²) in [6.07, 6.45) is 2.33. The van der Waals surface area contributed by atoms with Crippen LogP contribution in [0.15, 0.2) is 89.8 Å². The smallest absolute Gasteiger partial charge is 0.243 e. The van der Waals surface area contributed by atoms with Gasteiger partial charge in [0.15, 0.2) is 0 Å². The van der Waals surface area contributed by atoms with Crippen molar-refractivity contribution in [3.63, 3.8) is 0 Å². The molecule has 1 saturated heterocycles. The molecule has 1 fully saturated rings. The number of sulfonamides is 1. The zero-order valence-corrected chi connectivity index (χ0v) is 18.8. The Morgan fingerprint density at radius 1 is 0.806 bits per heavy atom. The highest BCUT2D eigenvalue weighted by Gasteiger charge is 2.22. The lowest BCUT2D eigenvalue weighted by Crippen LogP contribution is -2.32. The first-order valence-electron chi connectivity index (χ1n) is 10.9. The molecule has 1 aliphatic rings. The lowest BCUT2D eigenvalue weighted by atomic mass is 9.89. The van der Waals surface area contributed by atoms with Gasteiger partial charge in [-0.1, -0.05) is 72.8 Å². The predicted octanol–water partition coefficient (Wildman–Crippen LogP) is 4.89. The van der Waals surface area contributed by atoms with Gasteiger partial charge < -0.3 is 0 Å². The van der Waals surface area contributed by atoms with Gasteiger partial charge in [-0.25, -0.2) is 8.42 Å². The SMILES string of the molecule is CN(Cc1ccccc1)S(=O)(=O)c1ccc(CN2CCC(c3ccccc3)CC2)cc1. The first-order chi connectivity index (χ1) is 15.0. The van der Waals surface area contributed by atoms with Crippen molar-refractivity contribution >= 4 is 10.0 Å². The minimum Gasteiger partial charge on any atom is -0.299 e. The molecule has 5 heteroatoms. The molecule has 0 radical (unpaired) electrons. The van der Waals surface area contributed by atoms with Crippen LogP contribution in [0, 0.1) is 0 Å². The Kier molecular flexibility index (Phi) is 6.86. The Labute approximate surface area is 186 Å². The molecule has 4 rings (SSSR count). The fraction of sp³-hybridized carbons (Fsp3) is 0.308. The number of rotatable bonds is 7. The summed E-state index contributed by atoms with van der Waals surface area (Å²) in [6, 6.07) is 27.8. The summed E-state index contributed by atoms with van der Waals surface area (Å²) in [5.74, 6) is 0.644. The normalized spacial score (nSPS) is 15.9. The molecule has 0 saturated carbocycles. The van der Waals surface area contributed by atoms with E-state index in [-0.39, 0.29) is 0 Å². The zero-order chi connectivity index (χ0) is 21.7. The van der Waals surface area contributed by atoms with E-state index in [1.54, 1.807) is 19.2 Å². The van der Waals surface area contributed by atoms with Crippen LogP contribution in [0.4, 0.5) is 0 Å². The van der Waals surface area contributed by atoms with Crippen LogP contribution in [-0.2, 0) is 23.1 Å². The van der Waals surface area contributed by atoms with Gasteiger partial charge in [-0.3, -0.25) is 4.90 Å². The first-order valence-corrected chi connectivity index (χ1v) is 12.3. The number of likely N-dealkylation sites (tertiary alicyclic amines) is 1. The third kappa shape index (κ3) is 5.42. The predicted molar refractivity (Wildman–Crippen MR) is 125 cm³/mol. The van der Waals surface area contributed by atoms with Crippen LogP contribution in [0.1, 0.15) is 35.4 Å². The molecule has 4 nitrogen and oxygen atoms in total. The van der Waals surface area contributed by atoms with Crippen molar-refractivity contribution in [2.45, 2.75) is 36.7 Å². The fourth-order valence-corrected chi connectivity index (χ4v) is 5.44. The van der Waals surface area contributed by atoms with Crippen LogP contribution in [-0.4, -0.2) is 37.8 Å². The van der Waals surface area contributed by atoms with Crippen LogP contribution in [0.25, 0.3) is 0 Å². The van der Waals surface area contributed by atoms with E-state index in [2.05, 4.69) is 35.2 Å². The lowest BCUT2D eigenvalue weighted by molar-refractivity contribution is 0.204. The topological polar surface area (TPSA) is 40.6 Å². The molecule has 3 aromatic rings. The van der Waals surface area contributed by atoms with Gasteiger partial charge in [0.05, 0.1) is 4.90 Å². The monoisotopic (exact) mass is 434 g/mol. The Hall–Kier alpha value is -2.47. The number of hydrogen-bond acceptors (Lipinski definition) is 3. The summed E-state index contributed by atoms with van der Waals surface area (Å²) in [7, 11) is -1.87. The van der Waals surface area contributed by atoms with Gasteiger partial charge in [0.2, 0.25) is 10.0 Å². The summed E-state index contributed by atoms with van der Waals surface area (Å²) >= 11 is 0. The maximum Gasteiger partial charge on any atom is 0.243 e. The second-order valence-corrected chi connectivity index (χ2v) is 10.4. The molecule has 1 aliphatic heterocycles. The third-order valence-electron chi connectivity index (χ3n) is 6.14. The van der Waals surface area contributed by atoms with E-state index in [4.69, 9.17) is 0 Å². The average molecular weight is 435 g/mol. The molecule has 162 valence electrons. The maximum absolute atomic E-state index is 12.9. The van der Waals surface area contributed by atoms with E-state index >= 15 is 0 Å². The van der Waals surface area contributed by atoms with Gasteiger partial charge in [0.1, 0.15) is 0 Å². The second kappa shape index (κ2) is 9.77. The number of hydrogen-bond donors (Lipinski definition) is 0. The van der Waals surface area contributed by atoms with Crippen molar-refractivity contribution in [2.75, 3.05) is 20.1 Å².